The highest BCUT2D eigenvalue weighted by molar-refractivity contribution is 5.93. The van der Waals surface area contributed by atoms with Crippen LogP contribution in [0, 0.1) is 5.92 Å². The quantitative estimate of drug-likeness (QED) is 0.788. The predicted molar refractivity (Wildman–Crippen MR) is 108 cm³/mol. The molecule has 7 heteroatoms. The van der Waals surface area contributed by atoms with Crippen molar-refractivity contribution in [2.75, 3.05) is 40.3 Å². The molecular weight excluding hydrogens is 356 g/mol. The van der Waals surface area contributed by atoms with Gasteiger partial charge in [-0.05, 0) is 49.4 Å². The Morgan fingerprint density at radius 1 is 1.36 bits per heavy atom. The zero-order valence-electron chi connectivity index (χ0n) is 16.6. The molecule has 1 N–H and O–H groups in total. The zero-order valence-corrected chi connectivity index (χ0v) is 16.6. The second-order valence-corrected chi connectivity index (χ2v) is 7.39. The van der Waals surface area contributed by atoms with Gasteiger partial charge in [-0.3, -0.25) is 9.59 Å². The number of carbonyl (C=O) groups excluding carboxylic acids is 1. The summed E-state index contributed by atoms with van der Waals surface area (Å²) in [4.78, 5) is 34.8. The SMILES string of the molecule is COc1ccc(CCN2CCCC(CN(C)C(=O)c3cnc[nH]c3=O)C2)cc1. The van der Waals surface area contributed by atoms with Gasteiger partial charge >= 0.3 is 0 Å². The molecule has 1 aliphatic heterocycles. The molecule has 2 heterocycles. The average molecular weight is 384 g/mol. The summed E-state index contributed by atoms with van der Waals surface area (Å²) >= 11 is 0. The van der Waals surface area contributed by atoms with Crippen molar-refractivity contribution in [3.05, 3.63) is 58.3 Å². The van der Waals surface area contributed by atoms with E-state index in [1.807, 2.05) is 12.1 Å². The third-order valence-electron chi connectivity index (χ3n) is 5.31. The lowest BCUT2D eigenvalue weighted by molar-refractivity contribution is 0.0728. The molecule has 28 heavy (non-hydrogen) atoms. The molecule has 1 aromatic heterocycles. The van der Waals surface area contributed by atoms with Crippen molar-refractivity contribution in [2.45, 2.75) is 19.3 Å². The summed E-state index contributed by atoms with van der Waals surface area (Å²) in [6.07, 6.45) is 5.85. The Morgan fingerprint density at radius 3 is 2.86 bits per heavy atom. The fraction of sp³-hybridized carbons (Fsp3) is 0.476. The molecule has 0 radical (unpaired) electrons. The molecule has 0 spiro atoms. The van der Waals surface area contributed by atoms with Crippen LogP contribution in [0.2, 0.25) is 0 Å². The molecule has 0 aliphatic carbocycles. The minimum Gasteiger partial charge on any atom is -0.497 e. The van der Waals surface area contributed by atoms with Gasteiger partial charge < -0.3 is 19.5 Å². The zero-order chi connectivity index (χ0) is 19.9. The van der Waals surface area contributed by atoms with Crippen LogP contribution >= 0.6 is 0 Å². The number of piperidine rings is 1. The lowest BCUT2D eigenvalue weighted by atomic mass is 9.97. The number of likely N-dealkylation sites (tertiary alicyclic amines) is 1. The van der Waals surface area contributed by atoms with E-state index in [0.29, 0.717) is 12.5 Å². The van der Waals surface area contributed by atoms with E-state index in [2.05, 4.69) is 27.0 Å². The van der Waals surface area contributed by atoms with Gasteiger partial charge in [-0.1, -0.05) is 12.1 Å². The Hall–Kier alpha value is -2.67. The second kappa shape index (κ2) is 9.50. The number of H-pyrrole nitrogens is 1. The number of carbonyl (C=O) groups is 1. The van der Waals surface area contributed by atoms with Crippen LogP contribution in [0.1, 0.15) is 28.8 Å². The van der Waals surface area contributed by atoms with Crippen LogP contribution in [-0.2, 0) is 6.42 Å². The minimum atomic E-state index is -0.392. The van der Waals surface area contributed by atoms with Crippen molar-refractivity contribution < 1.29 is 9.53 Å². The number of hydrogen-bond donors (Lipinski definition) is 1. The van der Waals surface area contributed by atoms with Crippen LogP contribution in [-0.4, -0.2) is 66.0 Å². The van der Waals surface area contributed by atoms with Gasteiger partial charge in [0.25, 0.3) is 11.5 Å². The van der Waals surface area contributed by atoms with Crippen LogP contribution in [0.4, 0.5) is 0 Å². The molecule has 0 bridgehead atoms. The molecule has 1 fully saturated rings. The van der Waals surface area contributed by atoms with Gasteiger partial charge in [0.2, 0.25) is 0 Å². The Labute approximate surface area is 165 Å². The number of aromatic amines is 1. The van der Waals surface area contributed by atoms with E-state index in [9.17, 15) is 9.59 Å². The molecule has 1 amide bonds. The molecule has 150 valence electrons. The lowest BCUT2D eigenvalue weighted by Crippen LogP contribution is -2.43. The minimum absolute atomic E-state index is 0.0946. The molecule has 1 aromatic carbocycles. The number of ether oxygens (including phenoxy) is 1. The maximum atomic E-state index is 12.5. The van der Waals surface area contributed by atoms with E-state index in [0.717, 1.165) is 44.6 Å². The summed E-state index contributed by atoms with van der Waals surface area (Å²) in [6, 6.07) is 8.21. The van der Waals surface area contributed by atoms with Crippen molar-refractivity contribution >= 4 is 5.91 Å². The summed E-state index contributed by atoms with van der Waals surface area (Å²) < 4.78 is 5.21. The van der Waals surface area contributed by atoms with Crippen LogP contribution in [0.15, 0.2) is 41.6 Å². The monoisotopic (exact) mass is 384 g/mol. The van der Waals surface area contributed by atoms with Gasteiger partial charge in [0.1, 0.15) is 11.3 Å². The number of amides is 1. The number of aromatic nitrogens is 2. The lowest BCUT2D eigenvalue weighted by Gasteiger charge is -2.34. The van der Waals surface area contributed by atoms with Gasteiger partial charge in [0, 0.05) is 32.9 Å². The van der Waals surface area contributed by atoms with Gasteiger partial charge in [0.15, 0.2) is 0 Å². The first-order chi connectivity index (χ1) is 13.6. The van der Waals surface area contributed by atoms with Crippen molar-refractivity contribution in [2.24, 2.45) is 5.92 Å². The highest BCUT2D eigenvalue weighted by Gasteiger charge is 2.24. The fourth-order valence-electron chi connectivity index (χ4n) is 3.76. The first-order valence-corrected chi connectivity index (χ1v) is 9.70. The predicted octanol–water partition coefficient (Wildman–Crippen LogP) is 1.81. The van der Waals surface area contributed by atoms with Gasteiger partial charge in [0.05, 0.1) is 13.4 Å². The van der Waals surface area contributed by atoms with Gasteiger partial charge in [-0.25, -0.2) is 4.98 Å². The molecule has 1 saturated heterocycles. The van der Waals surface area contributed by atoms with E-state index in [-0.39, 0.29) is 11.5 Å². The van der Waals surface area contributed by atoms with Crippen molar-refractivity contribution in [3.63, 3.8) is 0 Å². The first-order valence-electron chi connectivity index (χ1n) is 9.70. The van der Waals surface area contributed by atoms with E-state index >= 15 is 0 Å². The third-order valence-corrected chi connectivity index (χ3v) is 5.31. The summed E-state index contributed by atoms with van der Waals surface area (Å²) in [5, 5.41) is 0. The largest absolute Gasteiger partial charge is 0.497 e. The molecule has 1 unspecified atom stereocenters. The smallest absolute Gasteiger partial charge is 0.263 e. The Morgan fingerprint density at radius 2 is 2.14 bits per heavy atom. The van der Waals surface area contributed by atoms with Crippen molar-refractivity contribution in [3.8, 4) is 5.75 Å². The van der Waals surface area contributed by atoms with E-state index < -0.39 is 5.56 Å². The normalized spacial score (nSPS) is 17.3. The standard InChI is InChI=1S/C21H28N4O3/c1-24(21(27)19-12-22-15-23-20(19)26)13-17-4-3-10-25(14-17)11-9-16-5-7-18(28-2)8-6-16/h5-8,12,15,17H,3-4,9-11,13-14H2,1-2H3,(H,22,23,26). The third kappa shape index (κ3) is 5.19. The molecule has 2 aromatic rings. The summed E-state index contributed by atoms with van der Waals surface area (Å²) in [6.45, 7) is 3.71. The van der Waals surface area contributed by atoms with Gasteiger partial charge in [-0.15, -0.1) is 0 Å². The topological polar surface area (TPSA) is 78.5 Å². The molecule has 3 rings (SSSR count). The molecule has 7 nitrogen and oxygen atoms in total. The number of nitrogens with zero attached hydrogens (tertiary/aromatic N) is 3. The molecule has 1 aliphatic rings. The highest BCUT2D eigenvalue weighted by Crippen LogP contribution is 2.19. The van der Waals surface area contributed by atoms with E-state index in [1.54, 1.807) is 19.1 Å². The summed E-state index contributed by atoms with van der Waals surface area (Å²) in [5.41, 5.74) is 1.000. The number of rotatable bonds is 7. The number of benzene rings is 1. The number of methoxy groups -OCH3 is 1. The van der Waals surface area contributed by atoms with Crippen molar-refractivity contribution in [1.29, 1.82) is 0 Å². The summed E-state index contributed by atoms with van der Waals surface area (Å²) in [5.74, 6) is 1.01. The maximum absolute atomic E-state index is 12.5. The average Bonchev–Trinajstić information content (AvgIpc) is 2.73. The Balaban J connectivity index is 1.50. The van der Waals surface area contributed by atoms with Gasteiger partial charge in [-0.2, -0.15) is 0 Å². The summed E-state index contributed by atoms with van der Waals surface area (Å²) in [7, 11) is 3.43. The van der Waals surface area contributed by atoms with Crippen LogP contribution in [0.25, 0.3) is 0 Å². The maximum Gasteiger partial charge on any atom is 0.263 e. The van der Waals surface area contributed by atoms with Crippen LogP contribution in [0.3, 0.4) is 0 Å². The Kier molecular flexibility index (Phi) is 6.81. The van der Waals surface area contributed by atoms with E-state index in [1.165, 1.54) is 18.1 Å². The Bertz CT molecular complexity index is 834. The highest BCUT2D eigenvalue weighted by atomic mass is 16.5. The van der Waals surface area contributed by atoms with Crippen LogP contribution < -0.4 is 10.3 Å². The molecule has 0 saturated carbocycles. The van der Waals surface area contributed by atoms with E-state index in [4.69, 9.17) is 4.74 Å². The number of hydrogen-bond acceptors (Lipinski definition) is 5. The van der Waals surface area contributed by atoms with Crippen LogP contribution in [0.5, 0.6) is 5.75 Å². The fourth-order valence-corrected chi connectivity index (χ4v) is 3.76. The molecule has 1 atom stereocenters. The number of nitrogens with one attached hydrogen (secondary N) is 1. The molecular formula is C21H28N4O3. The van der Waals surface area contributed by atoms with Crippen molar-refractivity contribution in [1.82, 2.24) is 19.8 Å². The second-order valence-electron chi connectivity index (χ2n) is 7.39. The first kappa shape index (κ1) is 20.1.